The predicted octanol–water partition coefficient (Wildman–Crippen LogP) is 4.47. The lowest BCUT2D eigenvalue weighted by molar-refractivity contribution is 0.0688. The molecular formula is C25H29NO4S. The molecule has 0 unspecified atom stereocenters. The number of aliphatic hydroxyl groups excluding tert-OH is 1. The van der Waals surface area contributed by atoms with Gasteiger partial charge in [0.05, 0.1) is 17.0 Å². The molecule has 3 aromatic carbocycles. The van der Waals surface area contributed by atoms with Crippen LogP contribution in [0.15, 0.2) is 89.8 Å². The summed E-state index contributed by atoms with van der Waals surface area (Å²) in [6.07, 6.45) is 1.62. The van der Waals surface area contributed by atoms with Crippen molar-refractivity contribution in [2.24, 2.45) is 0 Å². The number of likely N-dealkylation sites (tertiary alicyclic amines) is 1. The highest BCUT2D eigenvalue weighted by molar-refractivity contribution is 7.85. The fourth-order valence-electron chi connectivity index (χ4n) is 3.74. The molecule has 1 saturated heterocycles. The maximum absolute atomic E-state index is 10.5. The van der Waals surface area contributed by atoms with E-state index in [0.717, 1.165) is 31.5 Å². The topological polar surface area (TPSA) is 77.8 Å². The van der Waals surface area contributed by atoms with E-state index < -0.39 is 10.1 Å². The summed E-state index contributed by atoms with van der Waals surface area (Å²) in [5.74, 6) is 0. The molecule has 0 aliphatic carbocycles. The maximum atomic E-state index is 10.5. The first-order chi connectivity index (χ1) is 14.8. The normalized spacial score (nSPS) is 15.4. The van der Waals surface area contributed by atoms with E-state index in [0.29, 0.717) is 6.04 Å². The monoisotopic (exact) mass is 439 g/mol. The molecular weight excluding hydrogens is 410 g/mol. The Morgan fingerprint density at radius 1 is 0.806 bits per heavy atom. The van der Waals surface area contributed by atoms with Gasteiger partial charge in [0.25, 0.3) is 10.1 Å². The second-order valence-corrected chi connectivity index (χ2v) is 9.20. The lowest BCUT2D eigenvalue weighted by Crippen LogP contribution is -2.38. The van der Waals surface area contributed by atoms with Crippen LogP contribution in [0.1, 0.15) is 35.6 Å². The molecule has 164 valence electrons. The van der Waals surface area contributed by atoms with E-state index >= 15 is 0 Å². The minimum atomic E-state index is -4.02. The standard InChI is InChI=1S/C18H21NO.C7H8O3S/c20-17-11-13-19(14-12-17)18(15-7-3-1-4-8-15)16-9-5-2-6-10-16;1-6-2-4-7(5-3-6)11(8,9)10/h1-10,17-18,20H,11-14H2;2-5H,1H3,(H,8,9,10). The van der Waals surface area contributed by atoms with Gasteiger partial charge in [0.15, 0.2) is 0 Å². The van der Waals surface area contributed by atoms with Crippen molar-refractivity contribution < 1.29 is 18.1 Å². The summed E-state index contributed by atoms with van der Waals surface area (Å²) >= 11 is 0. The molecule has 0 radical (unpaired) electrons. The first kappa shape index (κ1) is 23.2. The Morgan fingerprint density at radius 2 is 1.26 bits per heavy atom. The Morgan fingerprint density at radius 3 is 1.68 bits per heavy atom. The number of aliphatic hydroxyl groups is 1. The summed E-state index contributed by atoms with van der Waals surface area (Å²) in [6, 6.07) is 27.6. The lowest BCUT2D eigenvalue weighted by Gasteiger charge is -2.36. The van der Waals surface area contributed by atoms with E-state index in [4.69, 9.17) is 4.55 Å². The predicted molar refractivity (Wildman–Crippen MR) is 123 cm³/mol. The lowest BCUT2D eigenvalue weighted by atomic mass is 9.94. The molecule has 2 N–H and O–H groups in total. The molecule has 5 nitrogen and oxygen atoms in total. The largest absolute Gasteiger partial charge is 0.393 e. The molecule has 4 rings (SSSR count). The first-order valence-electron chi connectivity index (χ1n) is 10.4. The number of hydrogen-bond donors (Lipinski definition) is 2. The van der Waals surface area contributed by atoms with Gasteiger partial charge in [-0.1, -0.05) is 78.4 Å². The minimum Gasteiger partial charge on any atom is -0.393 e. The highest BCUT2D eigenvalue weighted by Crippen LogP contribution is 2.30. The van der Waals surface area contributed by atoms with Gasteiger partial charge in [-0.05, 0) is 43.0 Å². The average molecular weight is 440 g/mol. The molecule has 0 spiro atoms. The smallest absolute Gasteiger partial charge is 0.294 e. The van der Waals surface area contributed by atoms with E-state index in [9.17, 15) is 13.5 Å². The third kappa shape index (κ3) is 6.74. The van der Waals surface area contributed by atoms with Gasteiger partial charge in [-0.25, -0.2) is 0 Å². The first-order valence-corrected chi connectivity index (χ1v) is 11.8. The maximum Gasteiger partial charge on any atom is 0.294 e. The molecule has 6 heteroatoms. The molecule has 3 aromatic rings. The Kier molecular flexibility index (Phi) is 7.98. The summed E-state index contributed by atoms with van der Waals surface area (Å²) in [5, 5.41) is 9.72. The number of piperidine rings is 1. The molecule has 1 fully saturated rings. The second kappa shape index (κ2) is 10.7. The Hall–Kier alpha value is -2.51. The molecule has 0 aromatic heterocycles. The number of aryl methyl sites for hydroxylation is 1. The van der Waals surface area contributed by atoms with Crippen LogP contribution in [-0.4, -0.2) is 42.2 Å². The van der Waals surface area contributed by atoms with Crippen molar-refractivity contribution in [3.63, 3.8) is 0 Å². The van der Waals surface area contributed by atoms with Crippen LogP contribution in [0.4, 0.5) is 0 Å². The van der Waals surface area contributed by atoms with Crippen molar-refractivity contribution in [2.75, 3.05) is 13.1 Å². The van der Waals surface area contributed by atoms with Gasteiger partial charge in [0.2, 0.25) is 0 Å². The Balaban J connectivity index is 0.000000210. The number of nitrogens with zero attached hydrogens (tertiary/aromatic N) is 1. The summed E-state index contributed by atoms with van der Waals surface area (Å²) < 4.78 is 29.6. The van der Waals surface area contributed by atoms with Gasteiger partial charge in [0, 0.05) is 13.1 Å². The van der Waals surface area contributed by atoms with Crippen molar-refractivity contribution in [3.8, 4) is 0 Å². The second-order valence-electron chi connectivity index (χ2n) is 7.78. The molecule has 1 aliphatic heterocycles. The molecule has 1 heterocycles. The van der Waals surface area contributed by atoms with Crippen molar-refractivity contribution in [2.45, 2.75) is 36.8 Å². The van der Waals surface area contributed by atoms with Gasteiger partial charge >= 0.3 is 0 Å². The average Bonchev–Trinajstić information content (AvgIpc) is 2.77. The fraction of sp³-hybridized carbons (Fsp3) is 0.280. The zero-order valence-electron chi connectivity index (χ0n) is 17.6. The van der Waals surface area contributed by atoms with Crippen LogP contribution in [0, 0.1) is 6.92 Å². The molecule has 0 atom stereocenters. The van der Waals surface area contributed by atoms with Gasteiger partial charge in [-0.2, -0.15) is 8.42 Å². The summed E-state index contributed by atoms with van der Waals surface area (Å²) in [6.45, 7) is 3.75. The van der Waals surface area contributed by atoms with Gasteiger partial charge in [0.1, 0.15) is 0 Å². The molecule has 31 heavy (non-hydrogen) atoms. The Bertz CT molecular complexity index is 990. The van der Waals surface area contributed by atoms with Crippen molar-refractivity contribution >= 4 is 10.1 Å². The van der Waals surface area contributed by atoms with E-state index in [-0.39, 0.29) is 11.0 Å². The van der Waals surface area contributed by atoms with Crippen LogP contribution < -0.4 is 0 Å². The van der Waals surface area contributed by atoms with Crippen LogP contribution in [0.25, 0.3) is 0 Å². The molecule has 0 saturated carbocycles. The highest BCUT2D eigenvalue weighted by Gasteiger charge is 2.26. The quantitative estimate of drug-likeness (QED) is 0.587. The van der Waals surface area contributed by atoms with Crippen LogP contribution in [0.5, 0.6) is 0 Å². The minimum absolute atomic E-state index is 0.0666. The third-order valence-corrected chi connectivity index (χ3v) is 6.28. The third-order valence-electron chi connectivity index (χ3n) is 5.41. The molecule has 1 aliphatic rings. The van der Waals surface area contributed by atoms with Crippen LogP contribution in [0.2, 0.25) is 0 Å². The Labute approximate surface area is 184 Å². The van der Waals surface area contributed by atoms with Gasteiger partial charge in [-0.3, -0.25) is 9.45 Å². The van der Waals surface area contributed by atoms with Gasteiger partial charge in [-0.15, -0.1) is 0 Å². The van der Waals surface area contributed by atoms with E-state index in [1.54, 1.807) is 12.1 Å². The van der Waals surface area contributed by atoms with Crippen LogP contribution in [0.3, 0.4) is 0 Å². The zero-order chi connectivity index (χ0) is 22.3. The van der Waals surface area contributed by atoms with Gasteiger partial charge < -0.3 is 5.11 Å². The summed E-state index contributed by atoms with van der Waals surface area (Å²) in [4.78, 5) is 2.42. The highest BCUT2D eigenvalue weighted by atomic mass is 32.2. The summed E-state index contributed by atoms with van der Waals surface area (Å²) in [5.41, 5.74) is 3.61. The molecule has 0 amide bonds. The van der Waals surface area contributed by atoms with E-state index in [1.165, 1.54) is 23.3 Å². The zero-order valence-corrected chi connectivity index (χ0v) is 18.4. The number of benzene rings is 3. The van der Waals surface area contributed by atoms with Crippen LogP contribution in [-0.2, 0) is 10.1 Å². The summed E-state index contributed by atoms with van der Waals surface area (Å²) in [7, 11) is -4.02. The van der Waals surface area contributed by atoms with Crippen molar-refractivity contribution in [1.82, 2.24) is 4.90 Å². The van der Waals surface area contributed by atoms with Crippen molar-refractivity contribution in [3.05, 3.63) is 102 Å². The number of hydrogen-bond acceptors (Lipinski definition) is 4. The fourth-order valence-corrected chi connectivity index (χ4v) is 4.22. The number of rotatable bonds is 4. The van der Waals surface area contributed by atoms with Crippen LogP contribution >= 0.6 is 0 Å². The van der Waals surface area contributed by atoms with Crippen molar-refractivity contribution in [1.29, 1.82) is 0 Å². The van der Waals surface area contributed by atoms with E-state index in [2.05, 4.69) is 65.6 Å². The van der Waals surface area contributed by atoms with E-state index in [1.807, 2.05) is 6.92 Å². The SMILES string of the molecule is Cc1ccc(S(=O)(=O)O)cc1.OC1CCN(C(c2ccccc2)c2ccccc2)CC1. The molecule has 0 bridgehead atoms.